The van der Waals surface area contributed by atoms with Gasteiger partial charge in [0.15, 0.2) is 0 Å². The molecule has 2 unspecified atom stereocenters. The van der Waals surface area contributed by atoms with Crippen molar-refractivity contribution in [2.24, 2.45) is 17.6 Å². The maximum absolute atomic E-state index is 12.2. The Morgan fingerprint density at radius 3 is 2.64 bits per heavy atom. The van der Waals surface area contributed by atoms with Crippen molar-refractivity contribution in [3.8, 4) is 5.75 Å². The Labute approximate surface area is 127 Å². The van der Waals surface area contributed by atoms with Crippen LogP contribution in [0.2, 0.25) is 0 Å². The van der Waals surface area contributed by atoms with E-state index in [0.29, 0.717) is 24.8 Å². The Bertz CT molecular complexity index is 491. The minimum atomic E-state index is -4.71. The zero-order valence-corrected chi connectivity index (χ0v) is 12.3. The molecule has 124 valence electrons. The molecule has 1 aromatic rings. The van der Waals surface area contributed by atoms with Crippen molar-refractivity contribution < 1.29 is 27.8 Å². The number of ether oxygens (including phenoxy) is 1. The monoisotopic (exact) mass is 319 g/mol. The number of aryl methyl sites for hydroxylation is 1. The summed E-state index contributed by atoms with van der Waals surface area (Å²) in [4.78, 5) is 10.9. The Hall–Kier alpha value is -1.76. The molecule has 0 bridgehead atoms. The van der Waals surface area contributed by atoms with Crippen LogP contribution in [-0.4, -0.2) is 24.0 Å². The van der Waals surface area contributed by atoms with Gasteiger partial charge in [-0.05, 0) is 42.9 Å². The Morgan fingerprint density at radius 1 is 1.41 bits per heavy atom. The number of hydrogen-bond donors (Lipinski definition) is 2. The summed E-state index contributed by atoms with van der Waals surface area (Å²) < 4.78 is 40.3. The van der Waals surface area contributed by atoms with E-state index in [2.05, 4.69) is 4.74 Å². The average Bonchev–Trinajstić information content (AvgIpc) is 2.40. The van der Waals surface area contributed by atoms with Crippen molar-refractivity contribution >= 4 is 5.97 Å². The summed E-state index contributed by atoms with van der Waals surface area (Å²) in [7, 11) is 0. The lowest BCUT2D eigenvalue weighted by atomic mass is 9.91. The largest absolute Gasteiger partial charge is 0.573 e. The van der Waals surface area contributed by atoms with Crippen LogP contribution in [0, 0.1) is 11.8 Å². The molecular formula is C15H20F3NO3. The first-order valence-corrected chi connectivity index (χ1v) is 6.99. The van der Waals surface area contributed by atoms with E-state index in [1.54, 1.807) is 6.07 Å². The summed E-state index contributed by atoms with van der Waals surface area (Å²) >= 11 is 0. The van der Waals surface area contributed by atoms with Gasteiger partial charge in [0.05, 0.1) is 5.92 Å². The molecular weight excluding hydrogens is 299 g/mol. The first-order chi connectivity index (χ1) is 10.2. The van der Waals surface area contributed by atoms with Crippen molar-refractivity contribution in [2.75, 3.05) is 6.54 Å². The lowest BCUT2D eigenvalue weighted by Crippen LogP contribution is -2.25. The second-order valence-corrected chi connectivity index (χ2v) is 5.35. The van der Waals surface area contributed by atoms with E-state index in [4.69, 9.17) is 10.8 Å². The van der Waals surface area contributed by atoms with Crippen LogP contribution in [0.1, 0.15) is 25.3 Å². The van der Waals surface area contributed by atoms with Crippen LogP contribution in [0.3, 0.4) is 0 Å². The van der Waals surface area contributed by atoms with Crippen molar-refractivity contribution in [2.45, 2.75) is 32.5 Å². The van der Waals surface area contributed by atoms with Gasteiger partial charge in [0.25, 0.3) is 0 Å². The summed E-state index contributed by atoms with van der Waals surface area (Å²) in [5, 5.41) is 8.95. The lowest BCUT2D eigenvalue weighted by Gasteiger charge is -2.16. The van der Waals surface area contributed by atoms with Crippen LogP contribution >= 0.6 is 0 Å². The highest BCUT2D eigenvalue weighted by molar-refractivity contribution is 5.70. The molecule has 0 aromatic heterocycles. The minimum Gasteiger partial charge on any atom is -0.481 e. The Balaban J connectivity index is 2.54. The van der Waals surface area contributed by atoms with E-state index < -0.39 is 18.2 Å². The van der Waals surface area contributed by atoms with Crippen LogP contribution < -0.4 is 10.5 Å². The van der Waals surface area contributed by atoms with E-state index in [0.717, 1.165) is 0 Å². The first-order valence-electron chi connectivity index (χ1n) is 6.99. The zero-order chi connectivity index (χ0) is 16.8. The van der Waals surface area contributed by atoms with Gasteiger partial charge < -0.3 is 15.6 Å². The summed E-state index contributed by atoms with van der Waals surface area (Å²) in [5.41, 5.74) is 6.12. The van der Waals surface area contributed by atoms with Crippen molar-refractivity contribution in [1.82, 2.24) is 0 Å². The molecule has 1 rings (SSSR count). The second kappa shape index (κ2) is 8.03. The number of nitrogens with two attached hydrogens (primary N) is 1. The molecule has 0 aliphatic heterocycles. The molecule has 0 saturated heterocycles. The number of halogens is 3. The molecule has 0 amide bonds. The number of carboxylic acids is 1. The predicted molar refractivity (Wildman–Crippen MR) is 75.4 cm³/mol. The molecule has 0 aliphatic rings. The number of carbonyl (C=O) groups is 1. The van der Waals surface area contributed by atoms with Crippen LogP contribution in [0.25, 0.3) is 0 Å². The minimum absolute atomic E-state index is 0.0780. The van der Waals surface area contributed by atoms with E-state index in [1.807, 2.05) is 6.92 Å². The quantitative estimate of drug-likeness (QED) is 0.772. The van der Waals surface area contributed by atoms with Gasteiger partial charge in [0.2, 0.25) is 0 Å². The van der Waals surface area contributed by atoms with E-state index >= 15 is 0 Å². The summed E-state index contributed by atoms with van der Waals surface area (Å²) in [6, 6.07) is 5.81. The molecule has 2 atom stereocenters. The SMILES string of the molecule is CC(CCc1cccc(OC(F)(F)F)c1)CC(CN)C(=O)O. The first kappa shape index (κ1) is 18.3. The molecule has 4 nitrogen and oxygen atoms in total. The average molecular weight is 319 g/mol. The van der Waals surface area contributed by atoms with Crippen LogP contribution in [0.5, 0.6) is 5.75 Å². The molecule has 7 heteroatoms. The molecule has 0 heterocycles. The van der Waals surface area contributed by atoms with Crippen molar-refractivity contribution in [3.05, 3.63) is 29.8 Å². The highest BCUT2D eigenvalue weighted by Crippen LogP contribution is 2.25. The Kier molecular flexibility index (Phi) is 6.67. The highest BCUT2D eigenvalue weighted by atomic mass is 19.4. The predicted octanol–water partition coefficient (Wildman–Crippen LogP) is 3.20. The van der Waals surface area contributed by atoms with Crippen molar-refractivity contribution in [1.29, 1.82) is 0 Å². The number of aliphatic carboxylic acids is 1. The second-order valence-electron chi connectivity index (χ2n) is 5.35. The van der Waals surface area contributed by atoms with Gasteiger partial charge in [0, 0.05) is 6.54 Å². The zero-order valence-electron chi connectivity index (χ0n) is 12.3. The van der Waals surface area contributed by atoms with Gasteiger partial charge in [0.1, 0.15) is 5.75 Å². The van der Waals surface area contributed by atoms with E-state index in [1.165, 1.54) is 18.2 Å². The van der Waals surface area contributed by atoms with E-state index in [9.17, 15) is 18.0 Å². The molecule has 0 saturated carbocycles. The van der Waals surface area contributed by atoms with Gasteiger partial charge in [-0.2, -0.15) is 0 Å². The highest BCUT2D eigenvalue weighted by Gasteiger charge is 2.31. The third-order valence-corrected chi connectivity index (χ3v) is 3.38. The fourth-order valence-electron chi connectivity index (χ4n) is 2.21. The number of rotatable bonds is 8. The van der Waals surface area contributed by atoms with Crippen LogP contribution in [0.4, 0.5) is 13.2 Å². The number of benzene rings is 1. The fraction of sp³-hybridized carbons (Fsp3) is 0.533. The van der Waals surface area contributed by atoms with Crippen LogP contribution in [0.15, 0.2) is 24.3 Å². The standard InChI is InChI=1S/C15H20F3NO3/c1-10(7-12(9-19)14(20)21)5-6-11-3-2-4-13(8-11)22-15(16,17)18/h2-4,8,10,12H,5-7,9,19H2,1H3,(H,20,21). The molecule has 22 heavy (non-hydrogen) atoms. The fourth-order valence-corrected chi connectivity index (χ4v) is 2.21. The number of alkyl halides is 3. The third kappa shape index (κ3) is 6.80. The molecule has 0 aliphatic carbocycles. The normalized spacial score (nSPS) is 14.4. The summed E-state index contributed by atoms with van der Waals surface area (Å²) in [5.74, 6) is -1.65. The molecule has 0 spiro atoms. The summed E-state index contributed by atoms with van der Waals surface area (Å²) in [6.07, 6.45) is -3.04. The Morgan fingerprint density at radius 2 is 2.09 bits per heavy atom. The number of carboxylic acid groups (broad SMARTS) is 1. The molecule has 0 fully saturated rings. The summed E-state index contributed by atoms with van der Waals surface area (Å²) in [6.45, 7) is 1.98. The molecule has 3 N–H and O–H groups in total. The van der Waals surface area contributed by atoms with Gasteiger partial charge in [-0.1, -0.05) is 19.1 Å². The molecule has 0 radical (unpaired) electrons. The maximum Gasteiger partial charge on any atom is 0.573 e. The van der Waals surface area contributed by atoms with Crippen LogP contribution in [-0.2, 0) is 11.2 Å². The number of hydrogen-bond acceptors (Lipinski definition) is 3. The topological polar surface area (TPSA) is 72.5 Å². The molecule has 1 aromatic carbocycles. The smallest absolute Gasteiger partial charge is 0.481 e. The van der Waals surface area contributed by atoms with Gasteiger partial charge in [-0.15, -0.1) is 13.2 Å². The van der Waals surface area contributed by atoms with Crippen molar-refractivity contribution in [3.63, 3.8) is 0 Å². The lowest BCUT2D eigenvalue weighted by molar-refractivity contribution is -0.274. The van der Waals surface area contributed by atoms with E-state index in [-0.39, 0.29) is 18.2 Å². The maximum atomic E-state index is 12.2. The van der Waals surface area contributed by atoms with Gasteiger partial charge in [-0.25, -0.2) is 0 Å². The van der Waals surface area contributed by atoms with Gasteiger partial charge in [-0.3, -0.25) is 4.79 Å². The van der Waals surface area contributed by atoms with Gasteiger partial charge >= 0.3 is 12.3 Å². The third-order valence-electron chi connectivity index (χ3n) is 3.38.